The molecule has 22 heavy (non-hydrogen) atoms. The molecule has 1 unspecified atom stereocenters. The van der Waals surface area contributed by atoms with Crippen molar-refractivity contribution in [2.45, 2.75) is 26.6 Å². The van der Waals surface area contributed by atoms with Crippen LogP contribution in [0.25, 0.3) is 0 Å². The maximum atomic E-state index is 12.6. The minimum absolute atomic E-state index is 0.0839. The molecular formula is C15H16F3N3O. The summed E-state index contributed by atoms with van der Waals surface area (Å²) < 4.78 is 39.0. The molecule has 0 spiro atoms. The number of nitrogens with zero attached hydrogens (tertiary/aromatic N) is 2. The Balaban J connectivity index is 2.04. The number of amides is 1. The van der Waals surface area contributed by atoms with E-state index in [1.165, 1.54) is 11.6 Å². The van der Waals surface area contributed by atoms with Crippen molar-refractivity contribution in [2.24, 2.45) is 5.92 Å². The predicted octanol–water partition coefficient (Wildman–Crippen LogP) is 3.49. The van der Waals surface area contributed by atoms with Crippen molar-refractivity contribution >= 4 is 11.6 Å². The highest BCUT2D eigenvalue weighted by atomic mass is 19.4. The highest BCUT2D eigenvalue weighted by Crippen LogP contribution is 2.28. The predicted molar refractivity (Wildman–Crippen MR) is 76.2 cm³/mol. The maximum absolute atomic E-state index is 12.6. The molecule has 1 amide bonds. The van der Waals surface area contributed by atoms with Gasteiger partial charge in [-0.25, -0.2) is 0 Å². The van der Waals surface area contributed by atoms with Crippen LogP contribution in [0, 0.1) is 12.8 Å². The summed E-state index contributed by atoms with van der Waals surface area (Å²) in [5.74, 6) is -0.783. The number of nitrogens with one attached hydrogen (secondary N) is 1. The van der Waals surface area contributed by atoms with E-state index in [1.54, 1.807) is 31.2 Å². The summed E-state index contributed by atoms with van der Waals surface area (Å²) in [6.45, 7) is 3.26. The van der Waals surface area contributed by atoms with Crippen LogP contribution in [0.4, 0.5) is 18.9 Å². The van der Waals surface area contributed by atoms with E-state index in [1.807, 2.05) is 6.07 Å². The maximum Gasteiger partial charge on any atom is 0.435 e. The topological polar surface area (TPSA) is 46.9 Å². The zero-order valence-electron chi connectivity index (χ0n) is 12.2. The third-order valence-electron chi connectivity index (χ3n) is 3.21. The van der Waals surface area contributed by atoms with E-state index in [0.29, 0.717) is 11.4 Å². The lowest BCUT2D eigenvalue weighted by Gasteiger charge is -2.13. The van der Waals surface area contributed by atoms with Gasteiger partial charge in [0.15, 0.2) is 5.69 Å². The number of para-hydroxylation sites is 1. The van der Waals surface area contributed by atoms with E-state index in [9.17, 15) is 18.0 Å². The first kappa shape index (κ1) is 16.1. The van der Waals surface area contributed by atoms with Gasteiger partial charge in [0.2, 0.25) is 5.91 Å². The first-order valence-electron chi connectivity index (χ1n) is 6.75. The molecule has 1 aromatic heterocycles. The van der Waals surface area contributed by atoms with Crippen LogP contribution in [0.15, 0.2) is 36.4 Å². The van der Waals surface area contributed by atoms with Crippen molar-refractivity contribution in [1.29, 1.82) is 0 Å². The zero-order chi connectivity index (χ0) is 16.3. The van der Waals surface area contributed by atoms with Gasteiger partial charge < -0.3 is 5.32 Å². The number of hydrogen-bond acceptors (Lipinski definition) is 2. The fourth-order valence-electron chi connectivity index (χ4n) is 1.96. The quantitative estimate of drug-likeness (QED) is 0.939. The number of aryl methyl sites for hydroxylation is 1. The van der Waals surface area contributed by atoms with Crippen molar-refractivity contribution in [1.82, 2.24) is 9.78 Å². The lowest BCUT2D eigenvalue weighted by Crippen LogP contribution is -2.25. The molecule has 4 nitrogen and oxygen atoms in total. The van der Waals surface area contributed by atoms with E-state index in [0.717, 1.165) is 6.07 Å². The summed E-state index contributed by atoms with van der Waals surface area (Å²) >= 11 is 0. The molecule has 0 fully saturated rings. The van der Waals surface area contributed by atoms with E-state index in [4.69, 9.17) is 0 Å². The number of rotatable bonds is 4. The highest BCUT2D eigenvalue weighted by Gasteiger charge is 2.34. The van der Waals surface area contributed by atoms with Crippen LogP contribution in [0.3, 0.4) is 0 Å². The Morgan fingerprint density at radius 2 is 1.95 bits per heavy atom. The Bertz CT molecular complexity index is 650. The number of benzene rings is 1. The number of carbonyl (C=O) groups excluding carboxylic acids is 1. The fourth-order valence-corrected chi connectivity index (χ4v) is 1.96. The molecule has 2 rings (SSSR count). The van der Waals surface area contributed by atoms with Crippen LogP contribution < -0.4 is 5.32 Å². The Morgan fingerprint density at radius 1 is 1.32 bits per heavy atom. The second-order valence-corrected chi connectivity index (χ2v) is 5.11. The normalized spacial score (nSPS) is 13.0. The average Bonchev–Trinajstić information content (AvgIpc) is 2.81. The second-order valence-electron chi connectivity index (χ2n) is 5.11. The Morgan fingerprint density at radius 3 is 2.50 bits per heavy atom. The number of carbonyl (C=O) groups is 1. The zero-order valence-corrected chi connectivity index (χ0v) is 12.2. The van der Waals surface area contributed by atoms with Gasteiger partial charge >= 0.3 is 6.18 Å². The number of aromatic nitrogens is 2. The van der Waals surface area contributed by atoms with Gasteiger partial charge in [0.25, 0.3) is 0 Å². The van der Waals surface area contributed by atoms with Gasteiger partial charge in [-0.2, -0.15) is 18.3 Å². The number of hydrogen-bond donors (Lipinski definition) is 1. The lowest BCUT2D eigenvalue weighted by molar-refractivity contribution is -0.141. The SMILES string of the molecule is Cc1cc(C(F)(F)F)nn1CC(C)C(=O)Nc1ccccc1. The van der Waals surface area contributed by atoms with Crippen LogP contribution in [0.2, 0.25) is 0 Å². The van der Waals surface area contributed by atoms with Crippen molar-refractivity contribution in [2.75, 3.05) is 5.32 Å². The highest BCUT2D eigenvalue weighted by molar-refractivity contribution is 5.92. The van der Waals surface area contributed by atoms with Gasteiger partial charge in [0.1, 0.15) is 0 Å². The summed E-state index contributed by atoms with van der Waals surface area (Å²) in [4.78, 5) is 12.1. The minimum Gasteiger partial charge on any atom is -0.326 e. The number of anilines is 1. The smallest absolute Gasteiger partial charge is 0.326 e. The van der Waals surface area contributed by atoms with Crippen molar-refractivity contribution in [3.8, 4) is 0 Å². The summed E-state index contributed by atoms with van der Waals surface area (Å²) in [5, 5.41) is 6.24. The Hall–Kier alpha value is -2.31. The molecule has 118 valence electrons. The van der Waals surface area contributed by atoms with Crippen LogP contribution in [0.5, 0.6) is 0 Å². The first-order chi connectivity index (χ1) is 10.3. The van der Waals surface area contributed by atoms with Gasteiger partial charge in [-0.3, -0.25) is 9.48 Å². The molecule has 1 heterocycles. The van der Waals surface area contributed by atoms with E-state index in [2.05, 4.69) is 10.4 Å². The number of halogens is 3. The summed E-state index contributed by atoms with van der Waals surface area (Å²) in [5.41, 5.74) is 0.0693. The molecule has 1 atom stereocenters. The van der Waals surface area contributed by atoms with Gasteiger partial charge in [-0.15, -0.1) is 0 Å². The molecule has 7 heteroatoms. The Labute approximate surface area is 125 Å². The molecule has 0 aliphatic rings. The van der Waals surface area contributed by atoms with Gasteiger partial charge in [0.05, 0.1) is 12.5 Å². The molecule has 0 saturated carbocycles. The van der Waals surface area contributed by atoms with Crippen LogP contribution >= 0.6 is 0 Å². The molecule has 1 N–H and O–H groups in total. The van der Waals surface area contributed by atoms with Crippen molar-refractivity contribution in [3.63, 3.8) is 0 Å². The second kappa shape index (κ2) is 6.21. The average molecular weight is 311 g/mol. The minimum atomic E-state index is -4.48. The molecule has 0 radical (unpaired) electrons. The van der Waals surface area contributed by atoms with Crippen LogP contribution in [-0.2, 0) is 17.5 Å². The Kier molecular flexibility index (Phi) is 4.54. The number of alkyl halides is 3. The molecule has 1 aromatic carbocycles. The van der Waals surface area contributed by atoms with Crippen molar-refractivity contribution in [3.05, 3.63) is 47.8 Å². The monoisotopic (exact) mass is 311 g/mol. The molecule has 0 saturated heterocycles. The van der Waals surface area contributed by atoms with Gasteiger partial charge in [-0.1, -0.05) is 25.1 Å². The molecule has 0 aliphatic carbocycles. The fraction of sp³-hybridized carbons (Fsp3) is 0.333. The van der Waals surface area contributed by atoms with E-state index in [-0.39, 0.29) is 12.5 Å². The summed E-state index contributed by atoms with van der Waals surface area (Å²) in [7, 11) is 0. The molecular weight excluding hydrogens is 295 g/mol. The molecule has 0 bridgehead atoms. The largest absolute Gasteiger partial charge is 0.435 e. The standard InChI is InChI=1S/C15H16F3N3O/c1-10(14(22)19-12-6-4-3-5-7-12)9-21-11(2)8-13(20-21)15(16,17)18/h3-8,10H,9H2,1-2H3,(H,19,22). The summed E-state index contributed by atoms with van der Waals surface area (Å²) in [6, 6.07) is 9.85. The van der Waals surface area contributed by atoms with Crippen LogP contribution in [0.1, 0.15) is 18.3 Å². The lowest BCUT2D eigenvalue weighted by atomic mass is 10.1. The third kappa shape index (κ3) is 3.87. The van der Waals surface area contributed by atoms with Crippen molar-refractivity contribution < 1.29 is 18.0 Å². The molecule has 0 aliphatic heterocycles. The van der Waals surface area contributed by atoms with Crippen LogP contribution in [-0.4, -0.2) is 15.7 Å². The first-order valence-corrected chi connectivity index (χ1v) is 6.75. The van der Waals surface area contributed by atoms with E-state index >= 15 is 0 Å². The van der Waals surface area contributed by atoms with Gasteiger partial charge in [0, 0.05) is 11.4 Å². The van der Waals surface area contributed by atoms with E-state index < -0.39 is 17.8 Å². The third-order valence-corrected chi connectivity index (χ3v) is 3.21. The molecule has 2 aromatic rings. The van der Waals surface area contributed by atoms with Gasteiger partial charge in [-0.05, 0) is 25.1 Å². The summed E-state index contributed by atoms with van der Waals surface area (Å²) in [6.07, 6.45) is -4.48.